The van der Waals surface area contributed by atoms with Gasteiger partial charge in [-0.3, -0.25) is 0 Å². The average Bonchev–Trinajstić information content (AvgIpc) is 1.98. The van der Waals surface area contributed by atoms with Crippen LogP contribution in [0.1, 0.15) is 33.1 Å². The van der Waals surface area contributed by atoms with Crippen molar-refractivity contribution in [3.05, 3.63) is 0 Å². The monoisotopic (exact) mass is 156 g/mol. The molecule has 1 fully saturated rings. The fourth-order valence-corrected chi connectivity index (χ4v) is 2.05. The molecule has 11 heavy (non-hydrogen) atoms. The Morgan fingerprint density at radius 1 is 1.18 bits per heavy atom. The van der Waals surface area contributed by atoms with Crippen molar-refractivity contribution in [1.82, 2.24) is 0 Å². The van der Waals surface area contributed by atoms with Gasteiger partial charge in [-0.05, 0) is 30.6 Å². The van der Waals surface area contributed by atoms with Crippen LogP contribution in [-0.2, 0) is 4.74 Å². The van der Waals surface area contributed by atoms with E-state index in [0.29, 0.717) is 0 Å². The molecular formula is C10H20O. The third kappa shape index (κ3) is 2.48. The van der Waals surface area contributed by atoms with Gasteiger partial charge in [-0.2, -0.15) is 0 Å². The Hall–Kier alpha value is -0.0400. The molecule has 1 heteroatoms. The molecule has 0 N–H and O–H groups in total. The van der Waals surface area contributed by atoms with Gasteiger partial charge in [-0.25, -0.2) is 0 Å². The van der Waals surface area contributed by atoms with Crippen LogP contribution in [0.15, 0.2) is 0 Å². The Kier molecular flexibility index (Phi) is 3.38. The molecule has 0 amide bonds. The fourth-order valence-electron chi connectivity index (χ4n) is 2.05. The summed E-state index contributed by atoms with van der Waals surface area (Å²) >= 11 is 0. The van der Waals surface area contributed by atoms with Gasteiger partial charge in [-0.15, -0.1) is 0 Å². The van der Waals surface area contributed by atoms with Crippen LogP contribution in [0.2, 0.25) is 0 Å². The van der Waals surface area contributed by atoms with Crippen LogP contribution in [0.25, 0.3) is 0 Å². The van der Waals surface area contributed by atoms with E-state index in [1.165, 1.54) is 19.3 Å². The average molecular weight is 156 g/mol. The van der Waals surface area contributed by atoms with Crippen molar-refractivity contribution < 1.29 is 4.74 Å². The van der Waals surface area contributed by atoms with Gasteiger partial charge in [0.2, 0.25) is 0 Å². The largest absolute Gasteiger partial charge is 0.384 e. The van der Waals surface area contributed by atoms with Gasteiger partial charge in [0.05, 0.1) is 0 Å². The summed E-state index contributed by atoms with van der Waals surface area (Å²) < 4.78 is 5.16. The summed E-state index contributed by atoms with van der Waals surface area (Å²) in [6, 6.07) is 0. The highest BCUT2D eigenvalue weighted by Gasteiger charge is 2.23. The maximum atomic E-state index is 5.16. The van der Waals surface area contributed by atoms with Gasteiger partial charge in [0.1, 0.15) is 0 Å². The standard InChI is InChI=1S/C10H20O/c1-8-4-5-10(7-11-3)6-9(8)2/h8-10H,4-7H2,1-3H3. The molecule has 0 radical (unpaired) electrons. The maximum Gasteiger partial charge on any atom is 0.0490 e. The van der Waals surface area contributed by atoms with Crippen LogP contribution >= 0.6 is 0 Å². The van der Waals surface area contributed by atoms with Crippen molar-refractivity contribution >= 4 is 0 Å². The zero-order valence-corrected chi connectivity index (χ0v) is 7.97. The van der Waals surface area contributed by atoms with Gasteiger partial charge >= 0.3 is 0 Å². The summed E-state index contributed by atoms with van der Waals surface area (Å²) in [6.45, 7) is 5.71. The Morgan fingerprint density at radius 2 is 1.91 bits per heavy atom. The van der Waals surface area contributed by atoms with Gasteiger partial charge < -0.3 is 4.74 Å². The van der Waals surface area contributed by atoms with Crippen molar-refractivity contribution in [3.8, 4) is 0 Å². The Labute approximate surface area is 70.1 Å². The second kappa shape index (κ2) is 4.10. The summed E-state index contributed by atoms with van der Waals surface area (Å²) in [4.78, 5) is 0. The van der Waals surface area contributed by atoms with Gasteiger partial charge in [0.15, 0.2) is 0 Å². The summed E-state index contributed by atoms with van der Waals surface area (Å²) in [7, 11) is 1.81. The van der Waals surface area contributed by atoms with Crippen molar-refractivity contribution in [2.24, 2.45) is 17.8 Å². The minimum Gasteiger partial charge on any atom is -0.384 e. The van der Waals surface area contributed by atoms with Crippen LogP contribution in [0.3, 0.4) is 0 Å². The summed E-state index contributed by atoms with van der Waals surface area (Å²) in [6.07, 6.45) is 4.14. The zero-order chi connectivity index (χ0) is 8.27. The second-order valence-corrected chi connectivity index (χ2v) is 4.09. The highest BCUT2D eigenvalue weighted by Crippen LogP contribution is 2.33. The zero-order valence-electron chi connectivity index (χ0n) is 7.97. The molecule has 66 valence electrons. The minimum absolute atomic E-state index is 0.839. The Balaban J connectivity index is 2.28. The predicted octanol–water partition coefficient (Wildman–Crippen LogP) is 2.71. The van der Waals surface area contributed by atoms with Crippen LogP contribution in [-0.4, -0.2) is 13.7 Å². The van der Waals surface area contributed by atoms with Crippen molar-refractivity contribution in [1.29, 1.82) is 0 Å². The number of methoxy groups -OCH3 is 1. The normalized spacial score (nSPS) is 39.0. The summed E-state index contributed by atoms with van der Waals surface area (Å²) in [5.74, 6) is 2.68. The Morgan fingerprint density at radius 3 is 2.45 bits per heavy atom. The molecule has 1 nitrogen and oxygen atoms in total. The van der Waals surface area contributed by atoms with E-state index in [2.05, 4.69) is 13.8 Å². The lowest BCUT2D eigenvalue weighted by Gasteiger charge is -2.31. The molecule has 1 aliphatic rings. The van der Waals surface area contributed by atoms with E-state index < -0.39 is 0 Å². The van der Waals surface area contributed by atoms with E-state index in [1.807, 2.05) is 7.11 Å². The molecule has 0 spiro atoms. The number of ether oxygens (including phenoxy) is 1. The highest BCUT2D eigenvalue weighted by atomic mass is 16.5. The lowest BCUT2D eigenvalue weighted by molar-refractivity contribution is 0.0995. The molecule has 1 saturated carbocycles. The molecular weight excluding hydrogens is 136 g/mol. The topological polar surface area (TPSA) is 9.23 Å². The second-order valence-electron chi connectivity index (χ2n) is 4.09. The van der Waals surface area contributed by atoms with E-state index in [0.717, 1.165) is 24.4 Å². The number of rotatable bonds is 2. The molecule has 0 aromatic heterocycles. The van der Waals surface area contributed by atoms with Crippen molar-refractivity contribution in [3.63, 3.8) is 0 Å². The number of hydrogen-bond donors (Lipinski definition) is 0. The maximum absolute atomic E-state index is 5.16. The first kappa shape index (κ1) is 9.05. The molecule has 0 heterocycles. The predicted molar refractivity (Wildman–Crippen MR) is 47.5 cm³/mol. The summed E-state index contributed by atoms with van der Waals surface area (Å²) in [5, 5.41) is 0. The molecule has 1 rings (SSSR count). The van der Waals surface area contributed by atoms with Gasteiger partial charge in [0.25, 0.3) is 0 Å². The first-order valence-corrected chi connectivity index (χ1v) is 4.73. The van der Waals surface area contributed by atoms with Crippen molar-refractivity contribution in [2.45, 2.75) is 33.1 Å². The van der Waals surface area contributed by atoms with E-state index in [4.69, 9.17) is 4.74 Å². The van der Waals surface area contributed by atoms with E-state index in [1.54, 1.807) is 0 Å². The quantitative estimate of drug-likeness (QED) is 0.597. The first-order chi connectivity index (χ1) is 5.24. The van der Waals surface area contributed by atoms with E-state index >= 15 is 0 Å². The highest BCUT2D eigenvalue weighted by molar-refractivity contribution is 4.74. The molecule has 3 atom stereocenters. The van der Waals surface area contributed by atoms with Crippen LogP contribution in [0.4, 0.5) is 0 Å². The third-order valence-corrected chi connectivity index (χ3v) is 3.11. The number of hydrogen-bond acceptors (Lipinski definition) is 1. The molecule has 0 saturated heterocycles. The Bertz CT molecular complexity index is 111. The lowest BCUT2D eigenvalue weighted by Crippen LogP contribution is -2.23. The fraction of sp³-hybridized carbons (Fsp3) is 1.00. The smallest absolute Gasteiger partial charge is 0.0490 e. The molecule has 0 aromatic carbocycles. The van der Waals surface area contributed by atoms with Crippen LogP contribution < -0.4 is 0 Å². The van der Waals surface area contributed by atoms with E-state index in [-0.39, 0.29) is 0 Å². The van der Waals surface area contributed by atoms with Crippen molar-refractivity contribution in [2.75, 3.05) is 13.7 Å². The lowest BCUT2D eigenvalue weighted by atomic mass is 9.76. The molecule has 0 aromatic rings. The van der Waals surface area contributed by atoms with E-state index in [9.17, 15) is 0 Å². The molecule has 3 unspecified atom stereocenters. The summed E-state index contributed by atoms with van der Waals surface area (Å²) in [5.41, 5.74) is 0. The van der Waals surface area contributed by atoms with Gasteiger partial charge in [-0.1, -0.05) is 20.3 Å². The third-order valence-electron chi connectivity index (χ3n) is 3.11. The minimum atomic E-state index is 0.839. The first-order valence-electron chi connectivity index (χ1n) is 4.73. The molecule has 0 aliphatic heterocycles. The van der Waals surface area contributed by atoms with Crippen LogP contribution in [0, 0.1) is 17.8 Å². The SMILES string of the molecule is COCC1CCC(C)C(C)C1. The molecule has 1 aliphatic carbocycles. The van der Waals surface area contributed by atoms with Crippen LogP contribution in [0.5, 0.6) is 0 Å². The molecule has 0 bridgehead atoms. The van der Waals surface area contributed by atoms with Gasteiger partial charge in [0, 0.05) is 13.7 Å².